The second kappa shape index (κ2) is 10.3. The molecule has 2 heterocycles. The number of H-pyrrole nitrogens is 1. The zero-order chi connectivity index (χ0) is 23.2. The summed E-state index contributed by atoms with van der Waals surface area (Å²) in [5.41, 5.74) is 4.16. The van der Waals surface area contributed by atoms with E-state index < -0.39 is 0 Å². The molecular formula is C25H29N7O. The second-order valence-corrected chi connectivity index (χ2v) is 8.63. The van der Waals surface area contributed by atoms with Crippen LogP contribution in [0.3, 0.4) is 0 Å². The van der Waals surface area contributed by atoms with E-state index in [2.05, 4.69) is 81.8 Å². The van der Waals surface area contributed by atoms with Crippen LogP contribution < -0.4 is 0 Å². The van der Waals surface area contributed by atoms with Crippen LogP contribution in [-0.4, -0.2) is 41.2 Å². The smallest absolute Gasteiger partial charge is 0.217 e. The van der Waals surface area contributed by atoms with E-state index in [0.717, 1.165) is 47.3 Å². The summed E-state index contributed by atoms with van der Waals surface area (Å²) in [4.78, 5) is 17.1. The molecule has 0 atom stereocenters. The SMILES string of the molecule is CCCCC(=O)c1nc(CC(C)C)n(Cc2ccc(-c3ccccc3-c3nnn[nH]3)cc2)n1. The minimum absolute atomic E-state index is 0.0227. The third-order valence-corrected chi connectivity index (χ3v) is 5.47. The first-order chi connectivity index (χ1) is 16.0. The molecule has 1 N–H and O–H groups in total. The van der Waals surface area contributed by atoms with E-state index >= 15 is 0 Å². The van der Waals surface area contributed by atoms with Crippen molar-refractivity contribution in [3.05, 3.63) is 65.7 Å². The van der Waals surface area contributed by atoms with Crippen LogP contribution in [0.25, 0.3) is 22.5 Å². The van der Waals surface area contributed by atoms with Crippen LogP contribution in [0.1, 0.15) is 62.0 Å². The molecule has 0 aliphatic carbocycles. The van der Waals surface area contributed by atoms with E-state index in [4.69, 9.17) is 0 Å². The number of hydrogen-bond donors (Lipinski definition) is 1. The molecule has 0 spiro atoms. The third kappa shape index (κ3) is 5.39. The highest BCUT2D eigenvalue weighted by molar-refractivity contribution is 5.92. The molecule has 170 valence electrons. The molecule has 4 rings (SSSR count). The summed E-state index contributed by atoms with van der Waals surface area (Å²) in [6, 6.07) is 16.4. The molecule has 0 aliphatic heterocycles. The maximum Gasteiger partial charge on any atom is 0.217 e. The van der Waals surface area contributed by atoms with Crippen molar-refractivity contribution in [2.24, 2.45) is 5.92 Å². The van der Waals surface area contributed by atoms with E-state index in [-0.39, 0.29) is 5.78 Å². The van der Waals surface area contributed by atoms with Gasteiger partial charge < -0.3 is 0 Å². The normalized spacial score (nSPS) is 11.3. The first kappa shape index (κ1) is 22.5. The lowest BCUT2D eigenvalue weighted by Crippen LogP contribution is -2.09. The first-order valence-corrected chi connectivity index (χ1v) is 11.4. The quantitative estimate of drug-likeness (QED) is 0.355. The lowest BCUT2D eigenvalue weighted by molar-refractivity contribution is 0.0969. The third-order valence-electron chi connectivity index (χ3n) is 5.47. The number of aromatic nitrogens is 7. The monoisotopic (exact) mass is 443 g/mol. The zero-order valence-corrected chi connectivity index (χ0v) is 19.3. The van der Waals surface area contributed by atoms with Gasteiger partial charge in [-0.2, -0.15) is 0 Å². The first-order valence-electron chi connectivity index (χ1n) is 11.4. The number of tetrazole rings is 1. The Labute approximate surface area is 193 Å². The van der Waals surface area contributed by atoms with Crippen molar-refractivity contribution >= 4 is 5.78 Å². The maximum atomic E-state index is 12.5. The highest BCUT2D eigenvalue weighted by atomic mass is 16.1. The van der Waals surface area contributed by atoms with Crippen molar-refractivity contribution in [2.45, 2.75) is 53.0 Å². The van der Waals surface area contributed by atoms with Crippen LogP contribution in [0.4, 0.5) is 0 Å². The van der Waals surface area contributed by atoms with Gasteiger partial charge in [0.25, 0.3) is 0 Å². The summed E-state index contributed by atoms with van der Waals surface area (Å²) in [6.07, 6.45) is 3.12. The van der Waals surface area contributed by atoms with Gasteiger partial charge >= 0.3 is 0 Å². The highest BCUT2D eigenvalue weighted by Crippen LogP contribution is 2.29. The summed E-state index contributed by atoms with van der Waals surface area (Å²) in [5, 5.41) is 18.8. The number of carbonyl (C=O) groups is 1. The van der Waals surface area contributed by atoms with E-state index in [9.17, 15) is 4.79 Å². The molecule has 8 nitrogen and oxygen atoms in total. The zero-order valence-electron chi connectivity index (χ0n) is 19.3. The summed E-state index contributed by atoms with van der Waals surface area (Å²) in [7, 11) is 0. The van der Waals surface area contributed by atoms with Crippen molar-refractivity contribution < 1.29 is 4.79 Å². The molecule has 0 unspecified atom stereocenters. The van der Waals surface area contributed by atoms with E-state index in [1.807, 2.05) is 22.9 Å². The molecule has 4 aromatic rings. The number of benzene rings is 2. The number of hydrogen-bond acceptors (Lipinski definition) is 6. The Hall–Kier alpha value is -3.68. The van der Waals surface area contributed by atoms with Crippen LogP contribution >= 0.6 is 0 Å². The number of nitrogens with one attached hydrogen (secondary N) is 1. The van der Waals surface area contributed by atoms with Crippen LogP contribution in [-0.2, 0) is 13.0 Å². The van der Waals surface area contributed by atoms with Gasteiger partial charge in [0.15, 0.2) is 5.82 Å². The summed E-state index contributed by atoms with van der Waals surface area (Å²) >= 11 is 0. The summed E-state index contributed by atoms with van der Waals surface area (Å²) < 4.78 is 1.88. The van der Waals surface area contributed by atoms with Gasteiger partial charge in [-0.1, -0.05) is 75.7 Å². The van der Waals surface area contributed by atoms with Crippen molar-refractivity contribution in [1.29, 1.82) is 0 Å². The predicted octanol–water partition coefficient (Wildman–Crippen LogP) is 4.74. The van der Waals surface area contributed by atoms with Crippen molar-refractivity contribution in [3.63, 3.8) is 0 Å². The minimum Gasteiger partial charge on any atom is -0.291 e. The molecular weight excluding hydrogens is 414 g/mol. The summed E-state index contributed by atoms with van der Waals surface area (Å²) in [5.74, 6) is 2.28. The Morgan fingerprint density at radius 1 is 1.06 bits per heavy atom. The molecule has 0 amide bonds. The number of carbonyl (C=O) groups excluding carboxylic acids is 1. The number of nitrogens with zero attached hydrogens (tertiary/aromatic N) is 6. The fraction of sp³-hybridized carbons (Fsp3) is 0.360. The van der Waals surface area contributed by atoms with Crippen molar-refractivity contribution in [3.8, 4) is 22.5 Å². The van der Waals surface area contributed by atoms with Gasteiger partial charge in [-0.15, -0.1) is 10.2 Å². The Morgan fingerprint density at radius 2 is 1.82 bits per heavy atom. The molecule has 0 fully saturated rings. The van der Waals surface area contributed by atoms with Crippen molar-refractivity contribution in [2.75, 3.05) is 0 Å². The minimum atomic E-state index is 0.0227. The summed E-state index contributed by atoms with van der Waals surface area (Å²) in [6.45, 7) is 6.94. The molecule has 0 saturated heterocycles. The molecule has 2 aromatic carbocycles. The maximum absolute atomic E-state index is 12.5. The molecule has 33 heavy (non-hydrogen) atoms. The Morgan fingerprint density at radius 3 is 2.48 bits per heavy atom. The molecule has 2 aromatic heterocycles. The van der Waals surface area contributed by atoms with Gasteiger partial charge in [0.05, 0.1) is 6.54 Å². The number of Topliss-reactive ketones (excluding diaryl/α,β-unsaturated/α-hetero) is 1. The average molecular weight is 444 g/mol. The largest absolute Gasteiger partial charge is 0.291 e. The van der Waals surface area contributed by atoms with Gasteiger partial charge in [0.2, 0.25) is 11.6 Å². The topological polar surface area (TPSA) is 102 Å². The molecule has 0 radical (unpaired) electrons. The Balaban J connectivity index is 1.57. The lowest BCUT2D eigenvalue weighted by atomic mass is 9.98. The van der Waals surface area contributed by atoms with E-state index in [1.54, 1.807) is 0 Å². The molecule has 8 heteroatoms. The van der Waals surface area contributed by atoms with Gasteiger partial charge in [-0.25, -0.2) is 14.8 Å². The van der Waals surface area contributed by atoms with Crippen LogP contribution in [0, 0.1) is 5.92 Å². The molecule has 0 aliphatic rings. The van der Waals surface area contributed by atoms with Gasteiger partial charge in [0.1, 0.15) is 5.82 Å². The van der Waals surface area contributed by atoms with Gasteiger partial charge in [0, 0.05) is 18.4 Å². The fourth-order valence-corrected chi connectivity index (χ4v) is 3.76. The number of unbranched alkanes of at least 4 members (excludes halogenated alkanes) is 1. The van der Waals surface area contributed by atoms with Gasteiger partial charge in [-0.3, -0.25) is 4.79 Å². The van der Waals surface area contributed by atoms with Crippen molar-refractivity contribution in [1.82, 2.24) is 35.4 Å². The Bertz CT molecular complexity index is 1190. The fourth-order valence-electron chi connectivity index (χ4n) is 3.76. The van der Waals surface area contributed by atoms with Crippen LogP contribution in [0.15, 0.2) is 48.5 Å². The molecule has 0 saturated carbocycles. The standard InChI is InChI=1S/C25H29N7O/c1-4-5-10-22(33)25-26-23(15-17(2)3)32(29-25)16-18-11-13-19(14-12-18)20-8-6-7-9-21(20)24-27-30-31-28-24/h6-9,11-14,17H,4-5,10,15-16H2,1-3H3,(H,27,28,30,31). The highest BCUT2D eigenvalue weighted by Gasteiger charge is 2.17. The number of rotatable bonds is 10. The van der Waals surface area contributed by atoms with Crippen LogP contribution in [0.2, 0.25) is 0 Å². The second-order valence-electron chi connectivity index (χ2n) is 8.63. The predicted molar refractivity (Wildman–Crippen MR) is 127 cm³/mol. The van der Waals surface area contributed by atoms with Gasteiger partial charge in [-0.05, 0) is 39.5 Å². The number of ketones is 1. The van der Waals surface area contributed by atoms with E-state index in [1.165, 1.54) is 0 Å². The van der Waals surface area contributed by atoms with E-state index in [0.29, 0.717) is 30.5 Å². The Kier molecular flexibility index (Phi) is 7.02. The van der Waals surface area contributed by atoms with Crippen LogP contribution in [0.5, 0.6) is 0 Å². The number of aromatic amines is 1. The average Bonchev–Trinajstić information content (AvgIpc) is 3.48. The molecule has 0 bridgehead atoms. The lowest BCUT2D eigenvalue weighted by Gasteiger charge is -2.10.